The van der Waals surface area contributed by atoms with Gasteiger partial charge in [0.2, 0.25) is 5.91 Å². The standard InChI is InChI=1S/C39H34ClF6N7O4/c1-38(2,56)11-9-21-5-6-22(23-7-8-26(40)30-33(23)52(3)51-36(30)49-28(54)10-12-57-4)31(47-21)27(15-18-13-19(41)16-20(42)14-18)48-37(55)53-34-29(32(50-53)35(43)44)24-17-25(24)39(34,45)46/h5-8,13-14,16,24-25,27,35,56H,10,12,15,17H2,1-4H3,(H,48,55)(H,49,51,54)/t24-,25+,27-/m0/s1. The van der Waals surface area contributed by atoms with Crippen LogP contribution in [0.25, 0.3) is 22.0 Å². The van der Waals surface area contributed by atoms with Gasteiger partial charge in [-0.3, -0.25) is 9.48 Å². The minimum absolute atomic E-state index is 0.00640. The lowest BCUT2D eigenvalue weighted by Crippen LogP contribution is -2.37. The molecule has 0 bridgehead atoms. The van der Waals surface area contributed by atoms with Gasteiger partial charge in [0.25, 0.3) is 12.3 Å². The first-order valence-electron chi connectivity index (χ1n) is 17.6. The maximum Gasteiger partial charge on any atom is 0.343 e. The average Bonchev–Trinajstić information content (AvgIpc) is 3.64. The molecule has 298 valence electrons. The Hall–Kier alpha value is -5.44. The zero-order valence-corrected chi connectivity index (χ0v) is 31.5. The molecule has 7 rings (SSSR count). The minimum atomic E-state index is -3.64. The van der Waals surface area contributed by atoms with Crippen LogP contribution in [0.15, 0.2) is 42.5 Å². The smallest absolute Gasteiger partial charge is 0.343 e. The van der Waals surface area contributed by atoms with E-state index in [9.17, 15) is 32.3 Å². The monoisotopic (exact) mass is 813 g/mol. The first-order valence-corrected chi connectivity index (χ1v) is 18.0. The lowest BCUT2D eigenvalue weighted by Gasteiger charge is -2.23. The number of anilines is 1. The van der Waals surface area contributed by atoms with Crippen LogP contribution in [0.3, 0.4) is 0 Å². The van der Waals surface area contributed by atoms with Gasteiger partial charge in [-0.2, -0.15) is 23.7 Å². The van der Waals surface area contributed by atoms with Crippen LogP contribution < -0.4 is 10.6 Å². The summed E-state index contributed by atoms with van der Waals surface area (Å²) >= 11 is 6.68. The number of aromatic nitrogens is 5. The molecule has 3 heterocycles. The van der Waals surface area contributed by atoms with Gasteiger partial charge < -0.3 is 20.5 Å². The third-order valence-electron chi connectivity index (χ3n) is 9.72. The predicted octanol–water partition coefficient (Wildman–Crippen LogP) is 7.55. The topological polar surface area (TPSA) is 136 Å². The van der Waals surface area contributed by atoms with Crippen molar-refractivity contribution >= 4 is 40.3 Å². The molecule has 0 spiro atoms. The average molecular weight is 814 g/mol. The van der Waals surface area contributed by atoms with Crippen molar-refractivity contribution in [2.75, 3.05) is 19.0 Å². The maximum absolute atomic E-state index is 15.6. The number of hydrogen-bond acceptors (Lipinski definition) is 7. The Morgan fingerprint density at radius 3 is 2.46 bits per heavy atom. The highest BCUT2D eigenvalue weighted by Crippen LogP contribution is 2.68. The summed E-state index contributed by atoms with van der Waals surface area (Å²) in [5, 5.41) is 24.3. The van der Waals surface area contributed by atoms with E-state index in [2.05, 4.69) is 32.7 Å². The van der Waals surface area contributed by atoms with Crippen LogP contribution in [0, 0.1) is 29.4 Å². The van der Waals surface area contributed by atoms with Crippen molar-refractivity contribution in [2.45, 2.75) is 63.0 Å². The molecule has 11 nitrogen and oxygen atoms in total. The van der Waals surface area contributed by atoms with Crippen molar-refractivity contribution in [1.29, 1.82) is 0 Å². The zero-order valence-electron chi connectivity index (χ0n) is 30.7. The number of nitrogens with zero attached hydrogens (tertiary/aromatic N) is 5. The first kappa shape index (κ1) is 39.8. The summed E-state index contributed by atoms with van der Waals surface area (Å²) in [7, 11) is 3.03. The normalized spacial score (nSPS) is 17.2. The number of carbonyl (C=O) groups excluding carboxylic acids is 2. The molecule has 18 heteroatoms. The molecule has 2 aliphatic rings. The van der Waals surface area contributed by atoms with Gasteiger partial charge in [-0.1, -0.05) is 23.6 Å². The lowest BCUT2D eigenvalue weighted by atomic mass is 9.93. The summed E-state index contributed by atoms with van der Waals surface area (Å²) in [5.41, 5.74) is -2.65. The number of pyridine rings is 1. The molecule has 2 aromatic carbocycles. The SMILES string of the molecule is COCCC(=O)Nc1nn(C)c2c(-c3ccc(C#CC(C)(C)O)nc3[C@H](Cc3cc(F)cc(F)c3)NC(=O)n3nc(C(F)F)c4c3C(F)(F)[C@@H]3C[C@H]43)ccc(Cl)c12. The van der Waals surface area contributed by atoms with Gasteiger partial charge in [0.1, 0.15) is 34.3 Å². The summed E-state index contributed by atoms with van der Waals surface area (Å²) in [4.78, 5) is 31.5. The van der Waals surface area contributed by atoms with Gasteiger partial charge in [-0.15, -0.1) is 0 Å². The Balaban J connectivity index is 1.42. The molecule has 0 saturated heterocycles. The Bertz CT molecular complexity index is 2480. The molecular formula is C39H34ClF6N7O4. The fourth-order valence-corrected chi connectivity index (χ4v) is 7.49. The van der Waals surface area contributed by atoms with E-state index in [-0.39, 0.29) is 63.0 Å². The van der Waals surface area contributed by atoms with Crippen molar-refractivity contribution < 1.29 is 45.8 Å². The molecule has 3 atom stereocenters. The van der Waals surface area contributed by atoms with Crippen LogP contribution in [-0.2, 0) is 28.9 Å². The number of aryl methyl sites for hydroxylation is 1. The van der Waals surface area contributed by atoms with Crippen molar-refractivity contribution in [3.63, 3.8) is 0 Å². The zero-order chi connectivity index (χ0) is 41.1. The Labute approximate surface area is 326 Å². The van der Waals surface area contributed by atoms with Crippen LogP contribution in [0.2, 0.25) is 5.02 Å². The number of fused-ring (bicyclic) bond motifs is 4. The summed E-state index contributed by atoms with van der Waals surface area (Å²) < 4.78 is 95.4. The minimum Gasteiger partial charge on any atom is -0.384 e. The number of carbonyl (C=O) groups is 2. The van der Waals surface area contributed by atoms with Gasteiger partial charge in [0, 0.05) is 42.8 Å². The number of ether oxygens (including phenoxy) is 1. The highest BCUT2D eigenvalue weighted by molar-refractivity contribution is 6.37. The lowest BCUT2D eigenvalue weighted by molar-refractivity contribution is -0.117. The molecule has 2 aliphatic carbocycles. The van der Waals surface area contributed by atoms with Crippen LogP contribution in [-0.4, -0.2) is 60.9 Å². The fraction of sp³-hybridized carbons (Fsp3) is 0.359. The molecule has 3 N–H and O–H groups in total. The number of hydrogen-bond donors (Lipinski definition) is 3. The number of benzene rings is 2. The van der Waals surface area contributed by atoms with Gasteiger partial charge in [0.05, 0.1) is 40.7 Å². The van der Waals surface area contributed by atoms with Gasteiger partial charge in [0.15, 0.2) is 5.82 Å². The molecule has 1 saturated carbocycles. The molecule has 0 unspecified atom stereocenters. The molecular weight excluding hydrogens is 780 g/mol. The van der Waals surface area contributed by atoms with E-state index in [0.717, 1.165) is 12.1 Å². The van der Waals surface area contributed by atoms with Crippen LogP contribution >= 0.6 is 11.6 Å². The van der Waals surface area contributed by atoms with E-state index in [0.29, 0.717) is 22.5 Å². The number of alkyl halides is 4. The van der Waals surface area contributed by atoms with Crippen molar-refractivity contribution in [3.05, 3.63) is 93.0 Å². The van der Waals surface area contributed by atoms with Gasteiger partial charge in [-0.05, 0) is 74.4 Å². The molecule has 57 heavy (non-hydrogen) atoms. The van der Waals surface area contributed by atoms with Crippen molar-refractivity contribution in [3.8, 4) is 23.0 Å². The first-order chi connectivity index (χ1) is 26.9. The van der Waals surface area contributed by atoms with Crippen molar-refractivity contribution in [2.24, 2.45) is 13.0 Å². The third kappa shape index (κ3) is 7.68. The molecule has 2 amide bonds. The maximum atomic E-state index is 15.6. The molecule has 5 aromatic rings. The van der Waals surface area contributed by atoms with E-state index in [1.54, 1.807) is 19.2 Å². The highest BCUT2D eigenvalue weighted by atomic mass is 35.5. The number of methoxy groups -OCH3 is 1. The quantitative estimate of drug-likeness (QED) is 0.0979. The Kier molecular flexibility index (Phi) is 10.3. The number of aliphatic hydroxyl groups is 1. The van der Waals surface area contributed by atoms with E-state index in [4.69, 9.17) is 21.3 Å². The summed E-state index contributed by atoms with van der Waals surface area (Å²) in [6.07, 6.45) is -3.68. The number of halogens is 7. The number of amides is 2. The predicted molar refractivity (Wildman–Crippen MR) is 196 cm³/mol. The summed E-state index contributed by atoms with van der Waals surface area (Å²) in [6.45, 7) is 3.01. The largest absolute Gasteiger partial charge is 0.384 e. The van der Waals surface area contributed by atoms with Gasteiger partial charge >= 0.3 is 6.03 Å². The summed E-state index contributed by atoms with van der Waals surface area (Å²) in [5.74, 6) is -2.58. The second-order valence-electron chi connectivity index (χ2n) is 14.4. The Morgan fingerprint density at radius 1 is 1.09 bits per heavy atom. The van der Waals surface area contributed by atoms with Crippen molar-refractivity contribution in [1.82, 2.24) is 29.9 Å². The third-order valence-corrected chi connectivity index (χ3v) is 10.0. The molecule has 1 fully saturated rings. The second kappa shape index (κ2) is 14.8. The van der Waals surface area contributed by atoms with E-state index in [1.165, 1.54) is 37.8 Å². The second-order valence-corrected chi connectivity index (χ2v) is 14.8. The van der Waals surface area contributed by atoms with E-state index >= 15 is 8.78 Å². The number of rotatable bonds is 10. The van der Waals surface area contributed by atoms with E-state index < -0.39 is 77.2 Å². The number of nitrogens with one attached hydrogen (secondary N) is 2. The fourth-order valence-electron chi connectivity index (χ4n) is 7.25. The molecule has 3 aromatic heterocycles. The molecule has 0 radical (unpaired) electrons. The summed E-state index contributed by atoms with van der Waals surface area (Å²) in [6, 6.07) is 6.09. The van der Waals surface area contributed by atoms with E-state index in [1.807, 2.05) is 0 Å². The Morgan fingerprint density at radius 2 is 1.79 bits per heavy atom. The van der Waals surface area contributed by atoms with Gasteiger partial charge in [-0.25, -0.2) is 27.3 Å². The van der Waals surface area contributed by atoms with Crippen LogP contribution in [0.1, 0.15) is 79.0 Å². The van der Waals surface area contributed by atoms with Crippen LogP contribution in [0.5, 0.6) is 0 Å². The van der Waals surface area contributed by atoms with Crippen LogP contribution in [0.4, 0.5) is 37.0 Å². The molecule has 0 aliphatic heterocycles. The highest BCUT2D eigenvalue weighted by Gasteiger charge is 2.67.